The lowest BCUT2D eigenvalue weighted by Gasteiger charge is -2.32. The summed E-state index contributed by atoms with van der Waals surface area (Å²) >= 11 is 0. The normalized spacial score (nSPS) is 19.2. The van der Waals surface area contributed by atoms with Crippen LogP contribution in [0.4, 0.5) is 4.39 Å². The molecule has 5 nitrogen and oxygen atoms in total. The van der Waals surface area contributed by atoms with Crippen LogP contribution in [-0.2, 0) is 4.79 Å². The molecule has 1 unspecified atom stereocenters. The van der Waals surface area contributed by atoms with Crippen LogP contribution >= 0.6 is 0 Å². The molecule has 1 aliphatic heterocycles. The number of likely N-dealkylation sites (tertiary alicyclic amines) is 1. The van der Waals surface area contributed by atoms with Crippen molar-refractivity contribution in [3.05, 3.63) is 29.8 Å². The molecule has 0 aromatic carbocycles. The summed E-state index contributed by atoms with van der Waals surface area (Å²) in [6, 6.07) is 2.90. The zero-order valence-corrected chi connectivity index (χ0v) is 10.4. The van der Waals surface area contributed by atoms with E-state index < -0.39 is 17.8 Å². The van der Waals surface area contributed by atoms with Crippen LogP contribution in [0.1, 0.15) is 29.6 Å². The molecule has 1 fully saturated rings. The Hall–Kier alpha value is -1.98. The molecule has 1 aromatic rings. The first-order chi connectivity index (χ1) is 9.08. The van der Waals surface area contributed by atoms with Crippen molar-refractivity contribution >= 4 is 11.9 Å². The number of aromatic nitrogens is 1. The molecule has 1 N–H and O–H groups in total. The van der Waals surface area contributed by atoms with E-state index in [0.29, 0.717) is 13.1 Å². The Kier molecular flexibility index (Phi) is 4.09. The highest BCUT2D eigenvalue weighted by Crippen LogP contribution is 2.21. The van der Waals surface area contributed by atoms with Crippen LogP contribution in [-0.4, -0.2) is 40.0 Å². The van der Waals surface area contributed by atoms with Crippen molar-refractivity contribution in [1.82, 2.24) is 9.88 Å². The number of halogens is 1. The van der Waals surface area contributed by atoms with Gasteiger partial charge in [0.1, 0.15) is 0 Å². The summed E-state index contributed by atoms with van der Waals surface area (Å²) < 4.78 is 13.4. The van der Waals surface area contributed by atoms with Gasteiger partial charge in [0.15, 0.2) is 0 Å². The van der Waals surface area contributed by atoms with Gasteiger partial charge in [0.25, 0.3) is 5.91 Å². The fourth-order valence-corrected chi connectivity index (χ4v) is 2.38. The second-order valence-corrected chi connectivity index (χ2v) is 4.70. The van der Waals surface area contributed by atoms with E-state index in [9.17, 15) is 14.0 Å². The number of carboxylic acids is 1. The summed E-state index contributed by atoms with van der Waals surface area (Å²) in [5.41, 5.74) is -0.0570. The largest absolute Gasteiger partial charge is 0.481 e. The number of carboxylic acid groups (broad SMARTS) is 1. The van der Waals surface area contributed by atoms with E-state index in [-0.39, 0.29) is 17.9 Å². The number of pyridine rings is 1. The summed E-state index contributed by atoms with van der Waals surface area (Å²) in [5, 5.41) is 8.78. The van der Waals surface area contributed by atoms with Gasteiger partial charge in [0.2, 0.25) is 5.95 Å². The van der Waals surface area contributed by atoms with E-state index in [1.54, 1.807) is 0 Å². The molecule has 1 atom stereocenters. The number of hydrogen-bond donors (Lipinski definition) is 1. The van der Waals surface area contributed by atoms with Gasteiger partial charge < -0.3 is 10.0 Å². The SMILES string of the molecule is O=C(O)CC1CCCN(C(=O)c2cccnc2F)C1. The molecule has 0 radical (unpaired) electrons. The van der Waals surface area contributed by atoms with E-state index in [2.05, 4.69) is 4.98 Å². The number of amides is 1. The molecule has 6 heteroatoms. The first-order valence-corrected chi connectivity index (χ1v) is 6.19. The molecule has 19 heavy (non-hydrogen) atoms. The molecule has 0 saturated carbocycles. The predicted molar refractivity (Wildman–Crippen MR) is 65.1 cm³/mol. The van der Waals surface area contributed by atoms with Crippen LogP contribution in [0, 0.1) is 11.9 Å². The number of piperidine rings is 1. The van der Waals surface area contributed by atoms with Crippen molar-refractivity contribution in [1.29, 1.82) is 0 Å². The Labute approximate surface area is 110 Å². The molecule has 0 bridgehead atoms. The van der Waals surface area contributed by atoms with Gasteiger partial charge in [-0.1, -0.05) is 0 Å². The topological polar surface area (TPSA) is 70.5 Å². The monoisotopic (exact) mass is 266 g/mol. The third kappa shape index (κ3) is 3.27. The lowest BCUT2D eigenvalue weighted by Crippen LogP contribution is -2.40. The minimum absolute atomic E-state index is 0.0410. The number of hydrogen-bond acceptors (Lipinski definition) is 3. The van der Waals surface area contributed by atoms with Crippen LogP contribution in [0.25, 0.3) is 0 Å². The quantitative estimate of drug-likeness (QED) is 0.843. The van der Waals surface area contributed by atoms with Gasteiger partial charge >= 0.3 is 5.97 Å². The first kappa shape index (κ1) is 13.5. The van der Waals surface area contributed by atoms with Crippen molar-refractivity contribution in [2.75, 3.05) is 13.1 Å². The highest BCUT2D eigenvalue weighted by Gasteiger charge is 2.27. The van der Waals surface area contributed by atoms with Crippen LogP contribution in [0.5, 0.6) is 0 Å². The molecule has 2 heterocycles. The van der Waals surface area contributed by atoms with Gasteiger partial charge in [-0.2, -0.15) is 4.39 Å². The third-order valence-electron chi connectivity index (χ3n) is 3.26. The van der Waals surface area contributed by atoms with E-state index in [1.807, 2.05) is 0 Å². The molecule has 102 valence electrons. The fourth-order valence-electron chi connectivity index (χ4n) is 2.38. The molecule has 2 rings (SSSR count). The fraction of sp³-hybridized carbons (Fsp3) is 0.462. The number of nitrogens with zero attached hydrogens (tertiary/aromatic N) is 2. The van der Waals surface area contributed by atoms with Gasteiger partial charge in [-0.25, -0.2) is 4.98 Å². The average molecular weight is 266 g/mol. The summed E-state index contributed by atoms with van der Waals surface area (Å²) in [5.74, 6) is -2.13. The molecule has 1 aliphatic rings. The van der Waals surface area contributed by atoms with E-state index in [4.69, 9.17) is 5.11 Å². The second kappa shape index (κ2) is 5.77. The number of aliphatic carboxylic acids is 1. The molecule has 0 aliphatic carbocycles. The number of carbonyl (C=O) groups is 2. The van der Waals surface area contributed by atoms with Crippen LogP contribution in [0.3, 0.4) is 0 Å². The Morgan fingerprint density at radius 1 is 1.53 bits per heavy atom. The Balaban J connectivity index is 2.07. The Bertz CT molecular complexity index is 493. The Morgan fingerprint density at radius 3 is 3.00 bits per heavy atom. The predicted octanol–water partition coefficient (Wildman–Crippen LogP) is 1.55. The van der Waals surface area contributed by atoms with Gasteiger partial charge in [-0.3, -0.25) is 9.59 Å². The van der Waals surface area contributed by atoms with E-state index in [1.165, 1.54) is 23.2 Å². The molecule has 0 spiro atoms. The smallest absolute Gasteiger partial charge is 0.303 e. The van der Waals surface area contributed by atoms with Crippen LogP contribution < -0.4 is 0 Å². The molecular weight excluding hydrogens is 251 g/mol. The van der Waals surface area contributed by atoms with Crippen molar-refractivity contribution < 1.29 is 19.1 Å². The number of rotatable bonds is 3. The summed E-state index contributed by atoms with van der Waals surface area (Å²) in [7, 11) is 0. The number of carbonyl (C=O) groups excluding carboxylic acids is 1. The lowest BCUT2D eigenvalue weighted by atomic mass is 9.94. The van der Waals surface area contributed by atoms with Crippen molar-refractivity contribution in [3.63, 3.8) is 0 Å². The van der Waals surface area contributed by atoms with Crippen molar-refractivity contribution in [3.8, 4) is 0 Å². The zero-order chi connectivity index (χ0) is 13.8. The van der Waals surface area contributed by atoms with Gasteiger partial charge in [0.05, 0.1) is 5.56 Å². The second-order valence-electron chi connectivity index (χ2n) is 4.70. The molecule has 1 saturated heterocycles. The summed E-state index contributed by atoms with van der Waals surface area (Å²) in [6.45, 7) is 0.892. The van der Waals surface area contributed by atoms with Crippen molar-refractivity contribution in [2.45, 2.75) is 19.3 Å². The Morgan fingerprint density at radius 2 is 2.32 bits per heavy atom. The van der Waals surface area contributed by atoms with Crippen LogP contribution in [0.15, 0.2) is 18.3 Å². The maximum atomic E-state index is 13.4. The standard InChI is InChI=1S/C13H15FN2O3/c14-12-10(4-1-5-15-12)13(19)16-6-2-3-9(8-16)7-11(17)18/h1,4-5,9H,2-3,6-8H2,(H,17,18). The van der Waals surface area contributed by atoms with E-state index in [0.717, 1.165) is 12.8 Å². The van der Waals surface area contributed by atoms with E-state index >= 15 is 0 Å². The molecule has 1 aromatic heterocycles. The van der Waals surface area contributed by atoms with Gasteiger partial charge in [-0.15, -0.1) is 0 Å². The highest BCUT2D eigenvalue weighted by atomic mass is 19.1. The maximum Gasteiger partial charge on any atom is 0.303 e. The molecule has 1 amide bonds. The van der Waals surface area contributed by atoms with Crippen LogP contribution in [0.2, 0.25) is 0 Å². The lowest BCUT2D eigenvalue weighted by molar-refractivity contribution is -0.138. The van der Waals surface area contributed by atoms with Gasteiger partial charge in [0, 0.05) is 25.7 Å². The van der Waals surface area contributed by atoms with Gasteiger partial charge in [-0.05, 0) is 30.9 Å². The third-order valence-corrected chi connectivity index (χ3v) is 3.26. The minimum Gasteiger partial charge on any atom is -0.481 e. The zero-order valence-electron chi connectivity index (χ0n) is 10.4. The summed E-state index contributed by atoms with van der Waals surface area (Å²) in [4.78, 5) is 27.8. The minimum atomic E-state index is -0.869. The first-order valence-electron chi connectivity index (χ1n) is 6.19. The summed E-state index contributed by atoms with van der Waals surface area (Å²) in [6.07, 6.45) is 2.85. The van der Waals surface area contributed by atoms with Crippen molar-refractivity contribution in [2.24, 2.45) is 5.92 Å². The molecular formula is C13H15FN2O3. The highest BCUT2D eigenvalue weighted by molar-refractivity contribution is 5.94. The maximum absolute atomic E-state index is 13.4. The average Bonchev–Trinajstić information content (AvgIpc) is 2.38.